The quantitative estimate of drug-likeness (QED) is 0.404. The summed E-state index contributed by atoms with van der Waals surface area (Å²) in [6.07, 6.45) is 1.51. The number of methoxy groups -OCH3 is 1. The monoisotopic (exact) mass is 329 g/mol. The van der Waals surface area contributed by atoms with Crippen LogP contribution in [0.4, 0.5) is 5.82 Å². The molecule has 5 N–H and O–H groups in total. The number of halogens is 2. The molecule has 21 heavy (non-hydrogen) atoms. The first kappa shape index (κ1) is 15.1. The molecule has 0 aliphatic carbocycles. The van der Waals surface area contributed by atoms with E-state index in [1.165, 1.54) is 13.3 Å². The number of benzene rings is 1. The summed E-state index contributed by atoms with van der Waals surface area (Å²) in [5.41, 5.74) is 11.9. The average molecular weight is 330 g/mol. The number of hydrogen-bond donors (Lipinski definition) is 3. The van der Waals surface area contributed by atoms with Crippen molar-refractivity contribution in [2.24, 2.45) is 10.8 Å². The topological polar surface area (TPSA) is 127 Å². The van der Waals surface area contributed by atoms with Gasteiger partial charge in [0.05, 0.1) is 17.7 Å². The van der Waals surface area contributed by atoms with Crippen LogP contribution in [0, 0.1) is 0 Å². The van der Waals surface area contributed by atoms with Crippen LogP contribution in [-0.4, -0.2) is 29.5 Å². The molecule has 0 bridgehead atoms. The van der Waals surface area contributed by atoms with E-state index >= 15 is 0 Å². The second-order valence-electron chi connectivity index (χ2n) is 3.78. The molecule has 0 aliphatic heterocycles. The minimum absolute atomic E-state index is 0.0112. The lowest BCUT2D eigenvalue weighted by atomic mass is 10.2. The van der Waals surface area contributed by atoms with Crippen molar-refractivity contribution < 1.29 is 14.5 Å². The highest BCUT2D eigenvalue weighted by Gasteiger charge is 2.13. The maximum atomic E-state index is 6.01. The van der Waals surface area contributed by atoms with E-state index in [1.54, 1.807) is 12.1 Å². The molecule has 0 spiro atoms. The molecule has 0 fully saturated rings. The van der Waals surface area contributed by atoms with Crippen LogP contribution in [0.2, 0.25) is 10.0 Å². The lowest BCUT2D eigenvalue weighted by Gasteiger charge is -2.05. The van der Waals surface area contributed by atoms with E-state index in [-0.39, 0.29) is 17.3 Å². The molecule has 8 nitrogen and oxygen atoms in total. The van der Waals surface area contributed by atoms with Crippen molar-refractivity contribution >= 4 is 41.1 Å². The van der Waals surface area contributed by atoms with Crippen LogP contribution in [-0.2, 0) is 0 Å². The Morgan fingerprint density at radius 1 is 1.43 bits per heavy atom. The molecule has 1 heterocycles. The molecule has 110 valence electrons. The predicted molar refractivity (Wildman–Crippen MR) is 78.6 cm³/mol. The minimum atomic E-state index is 0.0112. The highest BCUT2D eigenvalue weighted by atomic mass is 35.5. The number of hydrazone groups is 1. The lowest BCUT2D eigenvalue weighted by molar-refractivity contribution is -0.456. The van der Waals surface area contributed by atoms with Gasteiger partial charge < -0.3 is 16.2 Å². The zero-order valence-corrected chi connectivity index (χ0v) is 12.3. The number of aromatic nitrogens is 2. The van der Waals surface area contributed by atoms with Gasteiger partial charge in [0.1, 0.15) is 0 Å². The van der Waals surface area contributed by atoms with Crippen molar-refractivity contribution in [3.05, 3.63) is 33.4 Å². The van der Waals surface area contributed by atoms with Gasteiger partial charge in [-0.05, 0) is 22.4 Å². The Morgan fingerprint density at radius 3 is 2.81 bits per heavy atom. The summed E-state index contributed by atoms with van der Waals surface area (Å²) in [4.78, 5) is 0. The van der Waals surface area contributed by atoms with Gasteiger partial charge in [-0.2, -0.15) is 0 Å². The molecular formula is C11H11Cl2N6O2+. The molecule has 0 unspecified atom stereocenters. The number of nitrogen functional groups attached to an aromatic ring is 1. The third-order valence-corrected chi connectivity index (χ3v) is 2.90. The summed E-state index contributed by atoms with van der Waals surface area (Å²) in [6, 6.07) is 3.22. The van der Waals surface area contributed by atoms with Gasteiger partial charge in [0, 0.05) is 10.1 Å². The van der Waals surface area contributed by atoms with Gasteiger partial charge in [-0.15, -0.1) is 5.10 Å². The van der Waals surface area contributed by atoms with Crippen LogP contribution in [0.1, 0.15) is 11.3 Å². The van der Waals surface area contributed by atoms with Crippen molar-refractivity contribution in [3.63, 3.8) is 0 Å². The largest absolute Gasteiger partial charge is 0.494 e. The van der Waals surface area contributed by atoms with E-state index in [0.29, 0.717) is 21.4 Å². The molecule has 0 saturated heterocycles. The Balaban J connectivity index is 2.28. The second kappa shape index (κ2) is 6.42. The van der Waals surface area contributed by atoms with Gasteiger partial charge in [-0.25, -0.2) is 4.63 Å². The van der Waals surface area contributed by atoms with Crippen LogP contribution in [0.25, 0.3) is 0 Å². The van der Waals surface area contributed by atoms with E-state index in [1.807, 2.05) is 0 Å². The maximum absolute atomic E-state index is 6.01. The van der Waals surface area contributed by atoms with Gasteiger partial charge in [0.2, 0.25) is 12.1 Å². The Bertz CT molecular complexity index is 713. The fourth-order valence-electron chi connectivity index (χ4n) is 1.50. The third-order valence-electron chi connectivity index (χ3n) is 2.40. The fraction of sp³-hybridized carbons (Fsp3) is 0.0909. The van der Waals surface area contributed by atoms with Gasteiger partial charge in [-0.3, -0.25) is 0 Å². The minimum Gasteiger partial charge on any atom is -0.494 e. The number of ether oxygens (including phenoxy) is 1. The van der Waals surface area contributed by atoms with Crippen molar-refractivity contribution in [2.45, 2.75) is 0 Å². The number of nitrogens with two attached hydrogens (primary N) is 2. The molecule has 0 saturated carbocycles. The zero-order valence-electron chi connectivity index (χ0n) is 10.8. The number of amidine groups is 1. The zero-order chi connectivity index (χ0) is 15.4. The summed E-state index contributed by atoms with van der Waals surface area (Å²) >= 11 is 11.9. The standard InChI is InChI=1S/C11H10Cl2N6O2/c1-20-9-5(2-6(12)3-7(9)13)4-16-17-10(14)8-11(15)19-21-18-8/h2-4H,1H3,(H2,14,17)(H2,15,19)/p+1. The molecule has 2 aromatic rings. The third kappa shape index (κ3) is 3.41. The highest BCUT2D eigenvalue weighted by molar-refractivity contribution is 6.36. The van der Waals surface area contributed by atoms with Crippen LogP contribution in [0.5, 0.6) is 5.75 Å². The second-order valence-corrected chi connectivity index (χ2v) is 4.62. The van der Waals surface area contributed by atoms with Crippen LogP contribution >= 0.6 is 23.2 Å². The smallest absolute Gasteiger partial charge is 0.224 e. The van der Waals surface area contributed by atoms with Gasteiger partial charge >= 0.3 is 0 Å². The predicted octanol–water partition coefficient (Wildman–Crippen LogP) is -0.213. The van der Waals surface area contributed by atoms with E-state index in [0.717, 1.165) is 0 Å². The van der Waals surface area contributed by atoms with Crippen LogP contribution < -0.4 is 21.3 Å². The Kier molecular flexibility index (Phi) is 4.61. The first-order valence-corrected chi connectivity index (χ1v) is 6.32. The van der Waals surface area contributed by atoms with Crippen LogP contribution in [0.15, 0.2) is 21.9 Å². The van der Waals surface area contributed by atoms with E-state index in [4.69, 9.17) is 39.4 Å². The Labute approximate surface area is 129 Å². The summed E-state index contributed by atoms with van der Waals surface area (Å²) < 4.78 is 9.60. The van der Waals surface area contributed by atoms with Gasteiger partial charge in [-0.1, -0.05) is 23.2 Å². The molecule has 1 aromatic heterocycles. The average Bonchev–Trinajstić information content (AvgIpc) is 2.84. The fourth-order valence-corrected chi connectivity index (χ4v) is 2.09. The van der Waals surface area contributed by atoms with Crippen molar-refractivity contribution in [2.75, 3.05) is 12.8 Å². The van der Waals surface area contributed by atoms with E-state index in [2.05, 4.69) is 25.1 Å². The number of nitrogens with zero attached hydrogens (tertiary/aromatic N) is 3. The van der Waals surface area contributed by atoms with Crippen molar-refractivity contribution in [3.8, 4) is 5.75 Å². The molecule has 1 aromatic carbocycles. The van der Waals surface area contributed by atoms with Gasteiger partial charge in [0.15, 0.2) is 17.3 Å². The molecule has 0 amide bonds. The summed E-state index contributed by atoms with van der Waals surface area (Å²) in [7, 11) is 1.49. The summed E-state index contributed by atoms with van der Waals surface area (Å²) in [5.74, 6) is 0.503. The highest BCUT2D eigenvalue weighted by Crippen LogP contribution is 2.30. The normalized spacial score (nSPS) is 12.0. The van der Waals surface area contributed by atoms with Crippen LogP contribution in [0.3, 0.4) is 0 Å². The molecular weight excluding hydrogens is 319 g/mol. The summed E-state index contributed by atoms with van der Waals surface area (Å²) in [6.45, 7) is 0. The lowest BCUT2D eigenvalue weighted by Crippen LogP contribution is -2.63. The SMILES string of the molecule is COc1c(Cl)cc(Cl)cc1C=[NH+]N=C(N)c1nonc1N. The summed E-state index contributed by atoms with van der Waals surface area (Å²) in [5, 5.41) is 14.2. The van der Waals surface area contributed by atoms with E-state index < -0.39 is 0 Å². The number of anilines is 1. The van der Waals surface area contributed by atoms with Crippen molar-refractivity contribution in [1.29, 1.82) is 0 Å². The molecule has 2 rings (SSSR count). The Hall–Kier alpha value is -2.32. The van der Waals surface area contributed by atoms with Gasteiger partial charge in [0.25, 0.3) is 0 Å². The van der Waals surface area contributed by atoms with Crippen molar-refractivity contribution in [1.82, 2.24) is 10.3 Å². The molecule has 0 atom stereocenters. The Morgan fingerprint density at radius 2 is 2.19 bits per heavy atom. The molecule has 10 heteroatoms. The molecule has 0 radical (unpaired) electrons. The first-order valence-electron chi connectivity index (χ1n) is 5.56. The first-order chi connectivity index (χ1) is 10.0. The maximum Gasteiger partial charge on any atom is 0.224 e. The number of nitrogens with one attached hydrogen (secondary N) is 1. The van der Waals surface area contributed by atoms with E-state index in [9.17, 15) is 0 Å². The molecule has 0 aliphatic rings. The number of rotatable bonds is 4. The number of hydrogen-bond acceptors (Lipinski definition) is 6.